The van der Waals surface area contributed by atoms with Crippen molar-refractivity contribution in [1.29, 1.82) is 0 Å². The summed E-state index contributed by atoms with van der Waals surface area (Å²) in [4.78, 5) is 29.3. The van der Waals surface area contributed by atoms with Gasteiger partial charge < -0.3 is 10.2 Å². The fourth-order valence-corrected chi connectivity index (χ4v) is 6.14. The second kappa shape index (κ2) is 15.6. The molecule has 0 aliphatic heterocycles. The zero-order chi connectivity index (χ0) is 31.7. The number of benzene rings is 3. The molecular weight excluding hydrogens is 605 g/mol. The minimum Gasteiger partial charge on any atom is -0.352 e. The van der Waals surface area contributed by atoms with Gasteiger partial charge in [-0.3, -0.25) is 13.9 Å². The number of carbonyl (C=O) groups is 2. The quantitative estimate of drug-likeness (QED) is 0.211. The van der Waals surface area contributed by atoms with E-state index in [0.717, 1.165) is 29.4 Å². The molecule has 0 saturated carbocycles. The van der Waals surface area contributed by atoms with Crippen LogP contribution in [-0.4, -0.2) is 50.0 Å². The van der Waals surface area contributed by atoms with Crippen LogP contribution in [0.25, 0.3) is 0 Å². The Balaban J connectivity index is 1.93. The van der Waals surface area contributed by atoms with Gasteiger partial charge in [-0.05, 0) is 80.1 Å². The predicted octanol–water partition coefficient (Wildman–Crippen LogP) is 6.71. The summed E-state index contributed by atoms with van der Waals surface area (Å²) < 4.78 is 26.8. The van der Waals surface area contributed by atoms with Crippen molar-refractivity contribution >= 4 is 50.7 Å². The molecule has 0 fully saturated rings. The molecule has 0 saturated heterocycles. The summed E-state index contributed by atoms with van der Waals surface area (Å²) in [6.45, 7) is 8.01. The van der Waals surface area contributed by atoms with Crippen LogP contribution in [0.1, 0.15) is 55.4 Å². The van der Waals surface area contributed by atoms with Gasteiger partial charge in [-0.2, -0.15) is 0 Å². The van der Waals surface area contributed by atoms with E-state index in [1.807, 2.05) is 70.2 Å². The molecule has 0 heterocycles. The smallest absolute Gasteiger partial charge is 0.243 e. The molecule has 0 aliphatic carbocycles. The Morgan fingerprint density at radius 1 is 0.953 bits per heavy atom. The highest BCUT2D eigenvalue weighted by atomic mass is 35.5. The second-order valence-electron chi connectivity index (χ2n) is 11.0. The Kier molecular flexibility index (Phi) is 12.5. The highest BCUT2D eigenvalue weighted by Crippen LogP contribution is 2.26. The largest absolute Gasteiger partial charge is 0.352 e. The van der Waals surface area contributed by atoms with Crippen LogP contribution in [0.2, 0.25) is 10.0 Å². The molecule has 3 aromatic rings. The minimum absolute atomic E-state index is 0.0317. The first-order valence-corrected chi connectivity index (χ1v) is 17.0. The van der Waals surface area contributed by atoms with Gasteiger partial charge in [0.25, 0.3) is 0 Å². The van der Waals surface area contributed by atoms with Crippen LogP contribution in [0.15, 0.2) is 66.7 Å². The van der Waals surface area contributed by atoms with Gasteiger partial charge >= 0.3 is 0 Å². The number of sulfonamides is 1. The standard InChI is InChI=1S/C33H41Cl2N3O4S/c1-6-25(4)36-33(40)31(20-26-11-8-7-9-12-26)37(22-27-15-16-28(34)21-30(27)35)32(39)13-10-18-38(43(5,41)42)29-17-14-23(2)24(3)19-29/h7-9,11-12,14-17,19,21,25,31H,6,10,13,18,20,22H2,1-5H3,(H,36,40)/t25-,31+/m1/s1. The summed E-state index contributed by atoms with van der Waals surface area (Å²) in [5, 5.41) is 3.91. The number of amides is 2. The van der Waals surface area contributed by atoms with Gasteiger partial charge in [0, 0.05) is 42.0 Å². The zero-order valence-electron chi connectivity index (χ0n) is 25.4. The molecule has 0 radical (unpaired) electrons. The van der Waals surface area contributed by atoms with E-state index < -0.39 is 16.1 Å². The third kappa shape index (κ3) is 9.98. The van der Waals surface area contributed by atoms with Gasteiger partial charge in [-0.15, -0.1) is 0 Å². The first-order chi connectivity index (χ1) is 20.3. The van der Waals surface area contributed by atoms with Gasteiger partial charge in [-0.1, -0.05) is 72.6 Å². The number of halogens is 2. The van der Waals surface area contributed by atoms with Crippen LogP contribution in [0.5, 0.6) is 0 Å². The predicted molar refractivity (Wildman–Crippen MR) is 176 cm³/mol. The third-order valence-corrected chi connectivity index (χ3v) is 9.34. The van der Waals surface area contributed by atoms with Gasteiger partial charge in [0.15, 0.2) is 0 Å². The molecule has 2 atom stereocenters. The monoisotopic (exact) mass is 645 g/mol. The number of hydrogen-bond acceptors (Lipinski definition) is 4. The Labute approximate surface area is 266 Å². The van der Waals surface area contributed by atoms with Crippen LogP contribution < -0.4 is 9.62 Å². The Morgan fingerprint density at radius 3 is 2.26 bits per heavy atom. The molecule has 0 unspecified atom stereocenters. The number of aryl methyl sites for hydroxylation is 2. The molecule has 3 aromatic carbocycles. The molecule has 0 aromatic heterocycles. The lowest BCUT2D eigenvalue weighted by Crippen LogP contribution is -2.52. The van der Waals surface area contributed by atoms with Crippen LogP contribution in [0.3, 0.4) is 0 Å². The van der Waals surface area contributed by atoms with Crippen molar-refractivity contribution in [1.82, 2.24) is 10.2 Å². The van der Waals surface area contributed by atoms with E-state index in [1.54, 1.807) is 29.2 Å². The molecule has 0 spiro atoms. The van der Waals surface area contributed by atoms with Crippen molar-refractivity contribution in [3.8, 4) is 0 Å². The molecule has 232 valence electrons. The molecule has 0 aliphatic rings. The van der Waals surface area contributed by atoms with Crippen LogP contribution in [-0.2, 0) is 32.6 Å². The fourth-order valence-electron chi connectivity index (χ4n) is 4.71. The molecular formula is C33H41Cl2N3O4S. The van der Waals surface area contributed by atoms with Crippen molar-refractivity contribution in [2.45, 2.75) is 72.0 Å². The molecule has 10 heteroatoms. The topological polar surface area (TPSA) is 86.8 Å². The van der Waals surface area contributed by atoms with Crippen LogP contribution >= 0.6 is 23.2 Å². The lowest BCUT2D eigenvalue weighted by Gasteiger charge is -2.33. The second-order valence-corrected chi connectivity index (χ2v) is 13.7. The molecule has 43 heavy (non-hydrogen) atoms. The van der Waals surface area contributed by atoms with E-state index >= 15 is 0 Å². The van der Waals surface area contributed by atoms with E-state index in [0.29, 0.717) is 27.7 Å². The van der Waals surface area contributed by atoms with Crippen molar-refractivity contribution in [3.05, 3.63) is 99.0 Å². The van der Waals surface area contributed by atoms with Crippen LogP contribution in [0, 0.1) is 13.8 Å². The molecule has 0 bridgehead atoms. The average molecular weight is 647 g/mol. The van der Waals surface area contributed by atoms with Crippen molar-refractivity contribution < 1.29 is 18.0 Å². The molecule has 2 amide bonds. The normalized spacial score (nSPS) is 12.8. The maximum atomic E-state index is 14.0. The summed E-state index contributed by atoms with van der Waals surface area (Å²) >= 11 is 12.7. The first-order valence-electron chi connectivity index (χ1n) is 14.4. The summed E-state index contributed by atoms with van der Waals surface area (Å²) in [6.07, 6.45) is 2.49. The summed E-state index contributed by atoms with van der Waals surface area (Å²) in [7, 11) is -3.60. The van der Waals surface area contributed by atoms with E-state index in [-0.39, 0.29) is 43.8 Å². The van der Waals surface area contributed by atoms with Crippen molar-refractivity contribution in [2.24, 2.45) is 0 Å². The fraction of sp³-hybridized carbons (Fsp3) is 0.394. The third-order valence-electron chi connectivity index (χ3n) is 7.56. The molecule has 1 N–H and O–H groups in total. The van der Waals surface area contributed by atoms with Crippen molar-refractivity contribution in [3.63, 3.8) is 0 Å². The minimum atomic E-state index is -3.60. The number of hydrogen-bond donors (Lipinski definition) is 1. The van der Waals surface area contributed by atoms with Gasteiger partial charge in [0.05, 0.1) is 11.9 Å². The van der Waals surface area contributed by atoms with E-state index in [2.05, 4.69) is 5.32 Å². The molecule has 7 nitrogen and oxygen atoms in total. The Bertz CT molecular complexity index is 1520. The van der Waals surface area contributed by atoms with Gasteiger partial charge in [0.1, 0.15) is 6.04 Å². The first kappa shape index (κ1) is 34.4. The SMILES string of the molecule is CC[C@@H](C)NC(=O)[C@H](Cc1ccccc1)N(Cc1ccc(Cl)cc1Cl)C(=O)CCCN(c1ccc(C)c(C)c1)S(C)(=O)=O. The highest BCUT2D eigenvalue weighted by Gasteiger charge is 2.31. The average Bonchev–Trinajstić information content (AvgIpc) is 2.95. The number of carbonyl (C=O) groups excluding carboxylic acids is 2. The number of nitrogens with one attached hydrogen (secondary N) is 1. The van der Waals surface area contributed by atoms with E-state index in [9.17, 15) is 18.0 Å². The maximum absolute atomic E-state index is 14.0. The summed E-state index contributed by atoms with van der Waals surface area (Å²) in [5.41, 5.74) is 4.15. The van der Waals surface area contributed by atoms with Gasteiger partial charge in [0.2, 0.25) is 21.8 Å². The van der Waals surface area contributed by atoms with Crippen LogP contribution in [0.4, 0.5) is 5.69 Å². The highest BCUT2D eigenvalue weighted by molar-refractivity contribution is 7.92. The van der Waals surface area contributed by atoms with Crippen molar-refractivity contribution in [2.75, 3.05) is 17.1 Å². The lowest BCUT2D eigenvalue weighted by atomic mass is 10.0. The number of rotatable bonds is 14. The summed E-state index contributed by atoms with van der Waals surface area (Å²) in [6, 6.07) is 19.2. The zero-order valence-corrected chi connectivity index (χ0v) is 27.8. The Morgan fingerprint density at radius 2 is 1.65 bits per heavy atom. The Hall–Kier alpha value is -3.07. The number of nitrogens with zero attached hydrogens (tertiary/aromatic N) is 2. The summed E-state index contributed by atoms with van der Waals surface area (Å²) in [5.74, 6) is -0.538. The number of anilines is 1. The van der Waals surface area contributed by atoms with Gasteiger partial charge in [-0.25, -0.2) is 8.42 Å². The van der Waals surface area contributed by atoms with E-state index in [1.165, 1.54) is 4.31 Å². The van der Waals surface area contributed by atoms with E-state index in [4.69, 9.17) is 23.2 Å². The molecule has 3 rings (SSSR count). The maximum Gasteiger partial charge on any atom is 0.243 e. The lowest BCUT2D eigenvalue weighted by molar-refractivity contribution is -0.141.